The maximum Gasteiger partial charge on any atom is 0.0975 e. The van der Waals surface area contributed by atoms with Crippen LogP contribution in [-0.2, 0) is 6.42 Å². The van der Waals surface area contributed by atoms with E-state index in [9.17, 15) is 0 Å². The average Bonchev–Trinajstić information content (AvgIpc) is 2.82. The number of hydrogen-bond acceptors (Lipinski definition) is 1. The molecule has 2 rings (SSSR count). The number of rotatable bonds is 4. The monoisotopic (exact) mass is 244 g/mol. The van der Waals surface area contributed by atoms with Crippen LogP contribution in [0.5, 0.6) is 0 Å². The van der Waals surface area contributed by atoms with Gasteiger partial charge in [-0.15, -0.1) is 0 Å². The molecule has 1 saturated carbocycles. The lowest BCUT2D eigenvalue weighted by Crippen LogP contribution is -2.29. The molecule has 0 heterocycles. The number of nitrogens with two attached hydrogens (primary N) is 1. The molecule has 2 nitrogen and oxygen atoms in total. The Hall–Kier alpha value is -1.31. The molecule has 0 amide bonds. The summed E-state index contributed by atoms with van der Waals surface area (Å²) in [6.45, 7) is 4.34. The van der Waals surface area contributed by atoms with Crippen LogP contribution in [0, 0.1) is 5.92 Å². The van der Waals surface area contributed by atoms with Gasteiger partial charge in [0.1, 0.15) is 0 Å². The molecule has 0 bridgehead atoms. The highest BCUT2D eigenvalue weighted by molar-refractivity contribution is 5.83. The Morgan fingerprint density at radius 3 is 2.44 bits per heavy atom. The zero-order valence-electron chi connectivity index (χ0n) is 11.5. The standard InChI is InChI=1S/C16H24N2/c1-16(2,12-13-8-4-3-5-9-13)18-15(17)14-10-6-7-11-14/h3-5,8-9,14H,6-7,10-12H2,1-2H3,(H2,17,18). The maximum absolute atomic E-state index is 6.17. The molecule has 0 unspecified atom stereocenters. The summed E-state index contributed by atoms with van der Waals surface area (Å²) < 4.78 is 0. The van der Waals surface area contributed by atoms with Crippen molar-refractivity contribution in [2.75, 3.05) is 0 Å². The van der Waals surface area contributed by atoms with Gasteiger partial charge in [0.2, 0.25) is 0 Å². The van der Waals surface area contributed by atoms with Crippen LogP contribution in [0.25, 0.3) is 0 Å². The predicted octanol–water partition coefficient (Wildman–Crippen LogP) is 3.56. The van der Waals surface area contributed by atoms with Crippen molar-refractivity contribution in [1.29, 1.82) is 0 Å². The van der Waals surface area contributed by atoms with Crippen molar-refractivity contribution in [2.24, 2.45) is 16.6 Å². The van der Waals surface area contributed by atoms with E-state index < -0.39 is 0 Å². The summed E-state index contributed by atoms with van der Waals surface area (Å²) in [5.41, 5.74) is 7.39. The van der Waals surface area contributed by atoms with Crippen LogP contribution in [0.4, 0.5) is 0 Å². The van der Waals surface area contributed by atoms with Gasteiger partial charge in [0, 0.05) is 5.92 Å². The van der Waals surface area contributed by atoms with Crippen molar-refractivity contribution in [2.45, 2.75) is 51.5 Å². The lowest BCUT2D eigenvalue weighted by atomic mass is 9.95. The van der Waals surface area contributed by atoms with Crippen LogP contribution in [0.2, 0.25) is 0 Å². The molecular formula is C16H24N2. The Kier molecular flexibility index (Phi) is 4.05. The van der Waals surface area contributed by atoms with Crippen LogP contribution >= 0.6 is 0 Å². The first kappa shape index (κ1) is 13.1. The van der Waals surface area contributed by atoms with Gasteiger partial charge in [-0.1, -0.05) is 43.2 Å². The second-order valence-corrected chi connectivity index (χ2v) is 5.99. The SMILES string of the molecule is CC(C)(Cc1ccccc1)N=C(N)C1CCCC1. The lowest BCUT2D eigenvalue weighted by molar-refractivity contribution is 0.512. The van der Waals surface area contributed by atoms with E-state index in [0.29, 0.717) is 5.92 Å². The third kappa shape index (κ3) is 3.59. The normalized spacial score (nSPS) is 18.2. The van der Waals surface area contributed by atoms with Crippen molar-refractivity contribution < 1.29 is 0 Å². The van der Waals surface area contributed by atoms with Gasteiger partial charge >= 0.3 is 0 Å². The van der Waals surface area contributed by atoms with Gasteiger partial charge in [-0.2, -0.15) is 0 Å². The predicted molar refractivity (Wildman–Crippen MR) is 77.8 cm³/mol. The molecular weight excluding hydrogens is 220 g/mol. The van der Waals surface area contributed by atoms with Crippen molar-refractivity contribution in [3.63, 3.8) is 0 Å². The third-order valence-corrected chi connectivity index (χ3v) is 3.68. The molecule has 1 aliphatic carbocycles. The summed E-state index contributed by atoms with van der Waals surface area (Å²) in [4.78, 5) is 4.78. The van der Waals surface area contributed by atoms with Crippen LogP contribution in [-0.4, -0.2) is 11.4 Å². The van der Waals surface area contributed by atoms with Gasteiger partial charge in [-0.25, -0.2) is 0 Å². The van der Waals surface area contributed by atoms with Gasteiger partial charge < -0.3 is 5.73 Å². The Morgan fingerprint density at radius 1 is 1.22 bits per heavy atom. The number of nitrogens with zero attached hydrogens (tertiary/aromatic N) is 1. The first-order chi connectivity index (χ1) is 8.57. The largest absolute Gasteiger partial charge is 0.387 e. The molecule has 0 radical (unpaired) electrons. The van der Waals surface area contributed by atoms with Crippen molar-refractivity contribution >= 4 is 5.84 Å². The molecule has 0 saturated heterocycles. The second kappa shape index (κ2) is 5.55. The molecule has 0 aromatic heterocycles. The molecule has 0 spiro atoms. The quantitative estimate of drug-likeness (QED) is 0.638. The topological polar surface area (TPSA) is 38.4 Å². The second-order valence-electron chi connectivity index (χ2n) is 5.99. The van der Waals surface area contributed by atoms with E-state index in [-0.39, 0.29) is 5.54 Å². The smallest absolute Gasteiger partial charge is 0.0975 e. The van der Waals surface area contributed by atoms with Crippen LogP contribution < -0.4 is 5.73 Å². The molecule has 2 heteroatoms. The minimum atomic E-state index is -0.103. The summed E-state index contributed by atoms with van der Waals surface area (Å²) in [5, 5.41) is 0. The van der Waals surface area contributed by atoms with Crippen LogP contribution in [0.3, 0.4) is 0 Å². The molecule has 98 valence electrons. The fourth-order valence-corrected chi connectivity index (χ4v) is 2.80. The van der Waals surface area contributed by atoms with E-state index in [1.54, 1.807) is 0 Å². The van der Waals surface area contributed by atoms with Crippen molar-refractivity contribution in [3.8, 4) is 0 Å². The molecule has 1 aromatic carbocycles. The summed E-state index contributed by atoms with van der Waals surface area (Å²) in [6.07, 6.45) is 5.99. The molecule has 1 aliphatic rings. The summed E-state index contributed by atoms with van der Waals surface area (Å²) in [6, 6.07) is 10.5. The van der Waals surface area contributed by atoms with Gasteiger partial charge in [-0.05, 0) is 38.7 Å². The third-order valence-electron chi connectivity index (χ3n) is 3.68. The fourth-order valence-electron chi connectivity index (χ4n) is 2.80. The van der Waals surface area contributed by atoms with E-state index in [0.717, 1.165) is 12.3 Å². The molecule has 0 aliphatic heterocycles. The summed E-state index contributed by atoms with van der Waals surface area (Å²) >= 11 is 0. The average molecular weight is 244 g/mol. The summed E-state index contributed by atoms with van der Waals surface area (Å²) in [7, 11) is 0. The Bertz CT molecular complexity index is 400. The van der Waals surface area contributed by atoms with Crippen LogP contribution in [0.15, 0.2) is 35.3 Å². The van der Waals surface area contributed by atoms with E-state index in [1.807, 2.05) is 6.07 Å². The molecule has 18 heavy (non-hydrogen) atoms. The molecule has 2 N–H and O–H groups in total. The highest BCUT2D eigenvalue weighted by Crippen LogP contribution is 2.26. The van der Waals surface area contributed by atoms with Gasteiger partial charge in [0.15, 0.2) is 0 Å². The van der Waals surface area contributed by atoms with Crippen molar-refractivity contribution in [1.82, 2.24) is 0 Å². The summed E-state index contributed by atoms with van der Waals surface area (Å²) in [5.74, 6) is 1.40. The van der Waals surface area contributed by atoms with E-state index in [4.69, 9.17) is 10.7 Å². The number of benzene rings is 1. The Balaban J connectivity index is 2.03. The van der Waals surface area contributed by atoms with Crippen molar-refractivity contribution in [3.05, 3.63) is 35.9 Å². The highest BCUT2D eigenvalue weighted by atomic mass is 14.9. The number of hydrogen-bond donors (Lipinski definition) is 1. The zero-order valence-corrected chi connectivity index (χ0v) is 11.5. The Labute approximate surface area is 110 Å². The van der Waals surface area contributed by atoms with E-state index >= 15 is 0 Å². The number of aliphatic imine (C=N–C) groups is 1. The number of amidine groups is 1. The van der Waals surface area contributed by atoms with Gasteiger partial charge in [0.25, 0.3) is 0 Å². The Morgan fingerprint density at radius 2 is 1.83 bits per heavy atom. The lowest BCUT2D eigenvalue weighted by Gasteiger charge is -2.22. The van der Waals surface area contributed by atoms with E-state index in [2.05, 4.69) is 38.1 Å². The zero-order chi connectivity index (χ0) is 13.0. The minimum absolute atomic E-state index is 0.103. The molecule has 1 aromatic rings. The van der Waals surface area contributed by atoms with Crippen LogP contribution in [0.1, 0.15) is 45.1 Å². The first-order valence-electron chi connectivity index (χ1n) is 6.96. The highest BCUT2D eigenvalue weighted by Gasteiger charge is 2.23. The molecule has 0 atom stereocenters. The minimum Gasteiger partial charge on any atom is -0.387 e. The molecule has 1 fully saturated rings. The first-order valence-corrected chi connectivity index (χ1v) is 6.96. The van der Waals surface area contributed by atoms with Gasteiger partial charge in [-0.3, -0.25) is 4.99 Å². The van der Waals surface area contributed by atoms with E-state index in [1.165, 1.54) is 31.2 Å². The maximum atomic E-state index is 6.17. The fraction of sp³-hybridized carbons (Fsp3) is 0.562. The van der Waals surface area contributed by atoms with Gasteiger partial charge in [0.05, 0.1) is 11.4 Å².